The van der Waals surface area contributed by atoms with Gasteiger partial charge in [-0.05, 0) is 60.0 Å². The van der Waals surface area contributed by atoms with Crippen LogP contribution in [-0.4, -0.2) is 31.4 Å². The minimum atomic E-state index is -0.224. The molecule has 3 nitrogen and oxygen atoms in total. The van der Waals surface area contributed by atoms with E-state index in [1.807, 2.05) is 0 Å². The van der Waals surface area contributed by atoms with E-state index in [0.29, 0.717) is 0 Å². The van der Waals surface area contributed by atoms with Gasteiger partial charge in [0.25, 0.3) is 0 Å². The third kappa shape index (κ3) is 2.93. The maximum atomic E-state index is 5.99. The second-order valence-electron chi connectivity index (χ2n) is 6.05. The summed E-state index contributed by atoms with van der Waals surface area (Å²) in [6.45, 7) is 10.6. The molecule has 0 aromatic carbocycles. The highest BCUT2D eigenvalue weighted by Gasteiger charge is 2.50. The minimum Gasteiger partial charge on any atom is -0.400 e. The molecule has 0 bridgehead atoms. The molecule has 2 aliphatic heterocycles. The van der Waals surface area contributed by atoms with E-state index >= 15 is 0 Å². The van der Waals surface area contributed by atoms with Crippen molar-refractivity contribution in [1.29, 1.82) is 0 Å². The third-order valence-corrected chi connectivity index (χ3v) is 4.12. The Kier molecular flexibility index (Phi) is 3.67. The standard InChI is InChI=1S/C13H24BNO2/c1-12(2)13(3,4)17-14(16-12)10-11-6-5-8-15-9-7-11/h10,15H,5-9H2,1-4H3/b11-10-. The molecule has 0 amide bonds. The Bertz CT molecular complexity index is 287. The maximum absolute atomic E-state index is 5.99. The fourth-order valence-corrected chi connectivity index (χ4v) is 2.26. The summed E-state index contributed by atoms with van der Waals surface area (Å²) in [5.41, 5.74) is 1.02. The van der Waals surface area contributed by atoms with E-state index in [1.165, 1.54) is 12.0 Å². The first-order valence-electron chi connectivity index (χ1n) is 6.67. The van der Waals surface area contributed by atoms with Crippen molar-refractivity contribution in [2.24, 2.45) is 0 Å². The van der Waals surface area contributed by atoms with Crippen LogP contribution in [0.4, 0.5) is 0 Å². The van der Waals surface area contributed by atoms with Crippen LogP contribution in [-0.2, 0) is 9.31 Å². The summed E-state index contributed by atoms with van der Waals surface area (Å²) in [4.78, 5) is 0. The zero-order valence-electron chi connectivity index (χ0n) is 11.5. The monoisotopic (exact) mass is 237 g/mol. The first kappa shape index (κ1) is 13.1. The molecule has 0 spiro atoms. The Morgan fingerprint density at radius 1 is 1.06 bits per heavy atom. The van der Waals surface area contributed by atoms with Gasteiger partial charge in [0.2, 0.25) is 0 Å². The van der Waals surface area contributed by atoms with Crippen molar-refractivity contribution in [3.8, 4) is 0 Å². The topological polar surface area (TPSA) is 30.5 Å². The summed E-state index contributed by atoms with van der Waals surface area (Å²) in [6, 6.07) is 0. The molecule has 0 aromatic heterocycles. The SMILES string of the molecule is CC1(C)OB(/C=C2/CCCNCC2)OC1(C)C. The minimum absolute atomic E-state index is 0.173. The average Bonchev–Trinajstić information content (AvgIpc) is 2.42. The van der Waals surface area contributed by atoms with E-state index in [-0.39, 0.29) is 18.3 Å². The first-order valence-corrected chi connectivity index (χ1v) is 6.67. The zero-order valence-corrected chi connectivity index (χ0v) is 11.5. The predicted octanol–water partition coefficient (Wildman–Crippen LogP) is 2.32. The maximum Gasteiger partial charge on any atom is 0.487 e. The molecule has 0 unspecified atom stereocenters. The van der Waals surface area contributed by atoms with Crippen LogP contribution in [0, 0.1) is 0 Å². The highest BCUT2D eigenvalue weighted by molar-refractivity contribution is 6.51. The van der Waals surface area contributed by atoms with Crippen molar-refractivity contribution in [1.82, 2.24) is 5.32 Å². The molecule has 2 fully saturated rings. The van der Waals surface area contributed by atoms with Crippen LogP contribution in [0.25, 0.3) is 0 Å². The summed E-state index contributed by atoms with van der Waals surface area (Å²) in [5.74, 6) is 2.18. The molecule has 4 heteroatoms. The summed E-state index contributed by atoms with van der Waals surface area (Å²) >= 11 is 0. The smallest absolute Gasteiger partial charge is 0.400 e. The van der Waals surface area contributed by atoms with Crippen LogP contribution >= 0.6 is 0 Å². The van der Waals surface area contributed by atoms with E-state index < -0.39 is 0 Å². The number of nitrogens with one attached hydrogen (secondary N) is 1. The van der Waals surface area contributed by atoms with Crippen LogP contribution in [0.15, 0.2) is 11.5 Å². The van der Waals surface area contributed by atoms with Crippen molar-refractivity contribution < 1.29 is 9.31 Å². The van der Waals surface area contributed by atoms with Crippen molar-refractivity contribution in [3.63, 3.8) is 0 Å². The van der Waals surface area contributed by atoms with Crippen LogP contribution in [0.2, 0.25) is 0 Å². The second-order valence-corrected chi connectivity index (χ2v) is 6.05. The van der Waals surface area contributed by atoms with Crippen molar-refractivity contribution >= 4 is 7.12 Å². The van der Waals surface area contributed by atoms with Gasteiger partial charge in [-0.15, -0.1) is 0 Å². The Balaban J connectivity index is 2.03. The molecule has 96 valence electrons. The van der Waals surface area contributed by atoms with Crippen LogP contribution < -0.4 is 5.32 Å². The molecular weight excluding hydrogens is 213 g/mol. The van der Waals surface area contributed by atoms with Gasteiger partial charge >= 0.3 is 7.12 Å². The van der Waals surface area contributed by atoms with Gasteiger partial charge in [0.15, 0.2) is 0 Å². The van der Waals surface area contributed by atoms with Gasteiger partial charge < -0.3 is 14.6 Å². The lowest BCUT2D eigenvalue weighted by atomic mass is 9.85. The lowest BCUT2D eigenvalue weighted by Gasteiger charge is -2.32. The van der Waals surface area contributed by atoms with Crippen molar-refractivity contribution in [2.45, 2.75) is 58.2 Å². The first-order chi connectivity index (χ1) is 7.91. The Labute approximate surface area is 105 Å². The molecule has 0 saturated carbocycles. The van der Waals surface area contributed by atoms with Gasteiger partial charge in [-0.1, -0.05) is 11.5 Å². The molecule has 2 aliphatic rings. The summed E-state index contributed by atoms with van der Waals surface area (Å²) < 4.78 is 12.0. The van der Waals surface area contributed by atoms with Crippen LogP contribution in [0.1, 0.15) is 47.0 Å². The Hall–Kier alpha value is -0.315. The number of hydrogen-bond acceptors (Lipinski definition) is 3. The van der Waals surface area contributed by atoms with E-state index in [1.54, 1.807) is 0 Å². The number of rotatable bonds is 1. The van der Waals surface area contributed by atoms with Gasteiger partial charge in [-0.25, -0.2) is 0 Å². The Morgan fingerprint density at radius 3 is 2.35 bits per heavy atom. The summed E-state index contributed by atoms with van der Waals surface area (Å²) in [7, 11) is -0.173. The average molecular weight is 237 g/mol. The molecule has 2 heterocycles. The number of hydrogen-bond donors (Lipinski definition) is 1. The van der Waals surface area contributed by atoms with E-state index in [9.17, 15) is 0 Å². The molecule has 2 saturated heterocycles. The Morgan fingerprint density at radius 2 is 1.71 bits per heavy atom. The highest BCUT2D eigenvalue weighted by Crippen LogP contribution is 2.37. The van der Waals surface area contributed by atoms with Crippen LogP contribution in [0.3, 0.4) is 0 Å². The fourth-order valence-electron chi connectivity index (χ4n) is 2.26. The normalized spacial score (nSPS) is 30.6. The molecule has 0 aromatic rings. The van der Waals surface area contributed by atoms with E-state index in [4.69, 9.17) is 9.31 Å². The quantitative estimate of drug-likeness (QED) is 0.710. The predicted molar refractivity (Wildman–Crippen MR) is 70.9 cm³/mol. The molecule has 2 rings (SSSR count). The molecule has 0 atom stereocenters. The molecule has 1 N–H and O–H groups in total. The molecule has 17 heavy (non-hydrogen) atoms. The lowest BCUT2D eigenvalue weighted by molar-refractivity contribution is 0.00578. The van der Waals surface area contributed by atoms with Gasteiger partial charge in [-0.3, -0.25) is 0 Å². The molecule has 0 aliphatic carbocycles. The molecule has 0 radical (unpaired) electrons. The van der Waals surface area contributed by atoms with Gasteiger partial charge in [0, 0.05) is 0 Å². The van der Waals surface area contributed by atoms with Gasteiger partial charge in [0.05, 0.1) is 11.2 Å². The van der Waals surface area contributed by atoms with Crippen molar-refractivity contribution in [2.75, 3.05) is 13.1 Å². The summed E-state index contributed by atoms with van der Waals surface area (Å²) in [6.07, 6.45) is 3.49. The molecular formula is C13H24BNO2. The second kappa shape index (κ2) is 4.75. The van der Waals surface area contributed by atoms with Crippen molar-refractivity contribution in [3.05, 3.63) is 11.5 Å². The largest absolute Gasteiger partial charge is 0.487 e. The highest BCUT2D eigenvalue weighted by atomic mass is 16.7. The summed E-state index contributed by atoms with van der Waals surface area (Å²) in [5, 5.41) is 3.41. The van der Waals surface area contributed by atoms with Gasteiger partial charge in [-0.2, -0.15) is 0 Å². The zero-order chi connectivity index (χ0) is 12.5. The lowest BCUT2D eigenvalue weighted by Crippen LogP contribution is -2.41. The fraction of sp³-hybridized carbons (Fsp3) is 0.846. The van der Waals surface area contributed by atoms with Crippen LogP contribution in [0.5, 0.6) is 0 Å². The van der Waals surface area contributed by atoms with Gasteiger partial charge in [0.1, 0.15) is 0 Å². The van der Waals surface area contributed by atoms with E-state index in [0.717, 1.165) is 25.9 Å². The van der Waals surface area contributed by atoms with E-state index in [2.05, 4.69) is 39.0 Å². The third-order valence-electron chi connectivity index (χ3n) is 4.12.